The Bertz CT molecular complexity index is 443. The molecule has 0 aliphatic heterocycles. The number of hydrogen-bond acceptors (Lipinski definition) is 3. The molecule has 0 spiro atoms. The highest BCUT2D eigenvalue weighted by Gasteiger charge is 2.08. The summed E-state index contributed by atoms with van der Waals surface area (Å²) in [5.41, 5.74) is 3.31. The first-order chi connectivity index (χ1) is 7.81. The number of rotatable bonds is 5. The first kappa shape index (κ1) is 10.9. The minimum absolute atomic E-state index is 0.842. The summed E-state index contributed by atoms with van der Waals surface area (Å²) in [6.45, 7) is 4.02. The molecule has 5 heteroatoms. The van der Waals surface area contributed by atoms with Gasteiger partial charge in [-0.3, -0.25) is 9.78 Å². The lowest BCUT2D eigenvalue weighted by atomic mass is 10.1. The van der Waals surface area contributed by atoms with Crippen molar-refractivity contribution in [1.29, 1.82) is 0 Å². The molecule has 0 aliphatic rings. The van der Waals surface area contributed by atoms with Crippen LogP contribution in [0.4, 0.5) is 0 Å². The number of aryl methyl sites for hydroxylation is 1. The molecule has 0 bridgehead atoms. The maximum Gasteiger partial charge on any atom is 0.0726 e. The Kier molecular flexibility index (Phi) is 3.36. The lowest BCUT2D eigenvalue weighted by molar-refractivity contribution is 0.676. The molecule has 0 unspecified atom stereocenters. The van der Waals surface area contributed by atoms with Crippen LogP contribution in [-0.4, -0.2) is 26.5 Å². The van der Waals surface area contributed by atoms with Gasteiger partial charge in [0.25, 0.3) is 0 Å². The fraction of sp³-hybridized carbons (Fsp3) is 0.455. The van der Waals surface area contributed by atoms with Crippen molar-refractivity contribution < 1.29 is 0 Å². The molecule has 0 radical (unpaired) electrons. The number of hydrogen-bond donors (Lipinski definition) is 2. The molecule has 0 fully saturated rings. The SMILES string of the molecule is CCCNCc1cn[nH]c1-c1cnn(C)c1. The van der Waals surface area contributed by atoms with Crippen molar-refractivity contribution >= 4 is 0 Å². The average Bonchev–Trinajstić information content (AvgIpc) is 2.87. The fourth-order valence-corrected chi connectivity index (χ4v) is 1.65. The molecular formula is C11H17N5. The number of aromatic nitrogens is 4. The number of nitrogens with one attached hydrogen (secondary N) is 2. The van der Waals surface area contributed by atoms with Crippen LogP contribution in [0.2, 0.25) is 0 Å². The summed E-state index contributed by atoms with van der Waals surface area (Å²) in [6, 6.07) is 0. The molecule has 0 aliphatic carbocycles. The lowest BCUT2D eigenvalue weighted by Gasteiger charge is -2.02. The second-order valence-corrected chi connectivity index (χ2v) is 3.85. The molecule has 2 N–H and O–H groups in total. The van der Waals surface area contributed by atoms with Gasteiger partial charge in [0.1, 0.15) is 0 Å². The molecule has 2 heterocycles. The predicted molar refractivity (Wildman–Crippen MR) is 62.8 cm³/mol. The van der Waals surface area contributed by atoms with Gasteiger partial charge in [-0.05, 0) is 13.0 Å². The van der Waals surface area contributed by atoms with E-state index in [0.29, 0.717) is 0 Å². The Labute approximate surface area is 94.9 Å². The first-order valence-electron chi connectivity index (χ1n) is 5.53. The Balaban J connectivity index is 2.12. The van der Waals surface area contributed by atoms with Crippen LogP contribution < -0.4 is 5.32 Å². The van der Waals surface area contributed by atoms with E-state index in [1.807, 2.05) is 25.6 Å². The standard InChI is InChI=1S/C11H17N5/c1-3-4-12-5-9-6-13-15-11(9)10-7-14-16(2)8-10/h6-8,12H,3-5H2,1-2H3,(H,13,15). The summed E-state index contributed by atoms with van der Waals surface area (Å²) in [5.74, 6) is 0. The summed E-state index contributed by atoms with van der Waals surface area (Å²) in [7, 11) is 1.91. The number of nitrogens with zero attached hydrogens (tertiary/aromatic N) is 3. The summed E-state index contributed by atoms with van der Waals surface area (Å²) >= 11 is 0. The van der Waals surface area contributed by atoms with Crippen molar-refractivity contribution in [1.82, 2.24) is 25.3 Å². The highest BCUT2D eigenvalue weighted by molar-refractivity contribution is 5.60. The predicted octanol–water partition coefficient (Wildman–Crippen LogP) is 1.31. The Morgan fingerprint density at radius 3 is 3.00 bits per heavy atom. The fourth-order valence-electron chi connectivity index (χ4n) is 1.65. The summed E-state index contributed by atoms with van der Waals surface area (Å²) < 4.78 is 1.79. The van der Waals surface area contributed by atoms with E-state index >= 15 is 0 Å². The molecule has 0 aromatic carbocycles. The van der Waals surface area contributed by atoms with E-state index in [1.54, 1.807) is 4.68 Å². The molecule has 5 nitrogen and oxygen atoms in total. The molecule has 86 valence electrons. The topological polar surface area (TPSA) is 58.5 Å². The van der Waals surface area contributed by atoms with Gasteiger partial charge in [-0.2, -0.15) is 10.2 Å². The third-order valence-electron chi connectivity index (χ3n) is 2.45. The molecule has 2 aromatic heterocycles. The molecule has 0 amide bonds. The normalized spacial score (nSPS) is 10.9. The molecule has 2 rings (SSSR count). The van der Waals surface area contributed by atoms with Gasteiger partial charge in [-0.25, -0.2) is 0 Å². The molecule has 2 aromatic rings. The van der Waals surface area contributed by atoms with Crippen molar-refractivity contribution in [3.63, 3.8) is 0 Å². The molecule has 0 saturated carbocycles. The third-order valence-corrected chi connectivity index (χ3v) is 2.45. The van der Waals surface area contributed by atoms with E-state index in [2.05, 4.69) is 27.5 Å². The van der Waals surface area contributed by atoms with Crippen LogP contribution in [0.25, 0.3) is 11.3 Å². The van der Waals surface area contributed by atoms with Crippen LogP contribution in [0.3, 0.4) is 0 Å². The van der Waals surface area contributed by atoms with Gasteiger partial charge in [0.05, 0.1) is 18.1 Å². The van der Waals surface area contributed by atoms with Crippen molar-refractivity contribution in [3.05, 3.63) is 24.2 Å². The van der Waals surface area contributed by atoms with Crippen LogP contribution >= 0.6 is 0 Å². The number of aromatic amines is 1. The Hall–Kier alpha value is -1.62. The second-order valence-electron chi connectivity index (χ2n) is 3.85. The third kappa shape index (κ3) is 2.30. The zero-order valence-electron chi connectivity index (χ0n) is 9.70. The zero-order chi connectivity index (χ0) is 11.4. The lowest BCUT2D eigenvalue weighted by Crippen LogP contribution is -2.13. The van der Waals surface area contributed by atoms with E-state index in [9.17, 15) is 0 Å². The van der Waals surface area contributed by atoms with Gasteiger partial charge < -0.3 is 5.32 Å². The van der Waals surface area contributed by atoms with E-state index in [0.717, 1.165) is 30.8 Å². The van der Waals surface area contributed by atoms with Crippen molar-refractivity contribution in [2.75, 3.05) is 6.54 Å². The average molecular weight is 219 g/mol. The Morgan fingerprint density at radius 2 is 2.31 bits per heavy atom. The highest BCUT2D eigenvalue weighted by Crippen LogP contribution is 2.19. The van der Waals surface area contributed by atoms with E-state index in [1.165, 1.54) is 5.56 Å². The number of H-pyrrole nitrogens is 1. The van der Waals surface area contributed by atoms with Crippen LogP contribution in [0, 0.1) is 0 Å². The Morgan fingerprint density at radius 1 is 1.44 bits per heavy atom. The molecular weight excluding hydrogens is 202 g/mol. The van der Waals surface area contributed by atoms with Gasteiger partial charge in [0.15, 0.2) is 0 Å². The van der Waals surface area contributed by atoms with E-state index in [4.69, 9.17) is 0 Å². The highest BCUT2D eigenvalue weighted by atomic mass is 15.2. The maximum atomic E-state index is 4.16. The maximum absolute atomic E-state index is 4.16. The van der Waals surface area contributed by atoms with Gasteiger partial charge in [0, 0.05) is 30.9 Å². The first-order valence-corrected chi connectivity index (χ1v) is 5.53. The monoisotopic (exact) mass is 219 g/mol. The van der Waals surface area contributed by atoms with Crippen LogP contribution in [-0.2, 0) is 13.6 Å². The van der Waals surface area contributed by atoms with Crippen LogP contribution in [0.1, 0.15) is 18.9 Å². The quantitative estimate of drug-likeness (QED) is 0.745. The summed E-state index contributed by atoms with van der Waals surface area (Å²) in [4.78, 5) is 0. The van der Waals surface area contributed by atoms with Crippen molar-refractivity contribution in [3.8, 4) is 11.3 Å². The zero-order valence-corrected chi connectivity index (χ0v) is 9.70. The van der Waals surface area contributed by atoms with Crippen LogP contribution in [0.15, 0.2) is 18.6 Å². The van der Waals surface area contributed by atoms with Crippen LogP contribution in [0.5, 0.6) is 0 Å². The largest absolute Gasteiger partial charge is 0.313 e. The molecule has 0 atom stereocenters. The minimum Gasteiger partial charge on any atom is -0.313 e. The second kappa shape index (κ2) is 4.94. The van der Waals surface area contributed by atoms with Gasteiger partial charge in [0.2, 0.25) is 0 Å². The minimum atomic E-state index is 0.842. The van der Waals surface area contributed by atoms with Crippen molar-refractivity contribution in [2.45, 2.75) is 19.9 Å². The smallest absolute Gasteiger partial charge is 0.0726 e. The summed E-state index contributed by atoms with van der Waals surface area (Å²) in [6.07, 6.45) is 6.83. The summed E-state index contributed by atoms with van der Waals surface area (Å²) in [5, 5.41) is 14.6. The van der Waals surface area contributed by atoms with Gasteiger partial charge >= 0.3 is 0 Å². The van der Waals surface area contributed by atoms with E-state index < -0.39 is 0 Å². The van der Waals surface area contributed by atoms with Crippen molar-refractivity contribution in [2.24, 2.45) is 7.05 Å². The van der Waals surface area contributed by atoms with E-state index in [-0.39, 0.29) is 0 Å². The molecule has 16 heavy (non-hydrogen) atoms. The van der Waals surface area contributed by atoms with Gasteiger partial charge in [-0.1, -0.05) is 6.92 Å². The van der Waals surface area contributed by atoms with Gasteiger partial charge in [-0.15, -0.1) is 0 Å². The molecule has 0 saturated heterocycles.